The summed E-state index contributed by atoms with van der Waals surface area (Å²) >= 11 is 0. The molecule has 2 fully saturated rings. The molecule has 2 aliphatic heterocycles. The van der Waals surface area contributed by atoms with Gasteiger partial charge in [0.25, 0.3) is 5.91 Å². The fraction of sp³-hybridized carbons (Fsp3) is 0.647. The number of piperidine rings is 2. The standard InChI is InChI=1S/C17H25N7O.2ClH/c25-16(17(4-7-18-8-5-17)24-10-2-6-20-24)22-9-1-3-15(11-22)12-23-14-19-13-21-23;;/h2,6,10,13-15,18H,1,3-5,7-9,11-12H2;2*1H. The van der Waals surface area contributed by atoms with Gasteiger partial charge in [-0.1, -0.05) is 0 Å². The molecular formula is C17H27Cl2N7O. The quantitative estimate of drug-likeness (QED) is 0.814. The number of aromatic nitrogens is 5. The molecule has 150 valence electrons. The Bertz CT molecular complexity index is 686. The molecule has 4 heterocycles. The number of halogens is 2. The van der Waals surface area contributed by atoms with Crippen molar-refractivity contribution < 1.29 is 4.79 Å². The fourth-order valence-electron chi connectivity index (χ4n) is 4.19. The van der Waals surface area contributed by atoms with Crippen LogP contribution in [0, 0.1) is 5.92 Å². The van der Waals surface area contributed by atoms with Crippen molar-refractivity contribution in [2.24, 2.45) is 5.92 Å². The highest BCUT2D eigenvalue weighted by Crippen LogP contribution is 2.31. The molecule has 0 saturated carbocycles. The predicted octanol–water partition coefficient (Wildman–Crippen LogP) is 1.34. The molecule has 0 aliphatic carbocycles. The maximum atomic E-state index is 13.5. The van der Waals surface area contributed by atoms with Crippen molar-refractivity contribution in [3.05, 3.63) is 31.1 Å². The summed E-state index contributed by atoms with van der Waals surface area (Å²) in [6.45, 7) is 4.14. The van der Waals surface area contributed by atoms with Gasteiger partial charge in [-0.05, 0) is 50.8 Å². The van der Waals surface area contributed by atoms with Crippen LogP contribution in [0.4, 0.5) is 0 Å². The molecule has 2 saturated heterocycles. The highest BCUT2D eigenvalue weighted by molar-refractivity contribution is 5.86. The molecule has 4 rings (SSSR count). The molecule has 10 heteroatoms. The van der Waals surface area contributed by atoms with Crippen LogP contribution in [-0.2, 0) is 16.9 Å². The molecule has 0 radical (unpaired) electrons. The number of amides is 1. The average Bonchev–Trinajstić information content (AvgIpc) is 3.36. The summed E-state index contributed by atoms with van der Waals surface area (Å²) in [5.41, 5.74) is -0.538. The maximum Gasteiger partial charge on any atom is 0.250 e. The van der Waals surface area contributed by atoms with Gasteiger partial charge in [-0.3, -0.25) is 14.2 Å². The van der Waals surface area contributed by atoms with Crippen LogP contribution in [0.15, 0.2) is 31.1 Å². The lowest BCUT2D eigenvalue weighted by Gasteiger charge is -2.42. The van der Waals surface area contributed by atoms with E-state index in [4.69, 9.17) is 0 Å². The van der Waals surface area contributed by atoms with Crippen molar-refractivity contribution >= 4 is 30.7 Å². The molecule has 2 aliphatic rings. The topological polar surface area (TPSA) is 80.9 Å². The third-order valence-corrected chi connectivity index (χ3v) is 5.49. The number of carbonyl (C=O) groups excluding carboxylic acids is 1. The van der Waals surface area contributed by atoms with E-state index >= 15 is 0 Å². The van der Waals surface area contributed by atoms with Crippen molar-refractivity contribution in [1.82, 2.24) is 34.8 Å². The monoisotopic (exact) mass is 415 g/mol. The van der Waals surface area contributed by atoms with Gasteiger partial charge >= 0.3 is 0 Å². The fourth-order valence-corrected chi connectivity index (χ4v) is 4.19. The minimum absolute atomic E-state index is 0. The number of nitrogens with one attached hydrogen (secondary N) is 1. The molecule has 2 aromatic rings. The first-order valence-corrected chi connectivity index (χ1v) is 9.10. The second-order valence-corrected chi connectivity index (χ2v) is 7.11. The van der Waals surface area contributed by atoms with Gasteiger partial charge in [0.15, 0.2) is 0 Å². The Morgan fingerprint density at radius 2 is 2.04 bits per heavy atom. The molecule has 1 atom stereocenters. The van der Waals surface area contributed by atoms with Crippen LogP contribution in [0.25, 0.3) is 0 Å². The van der Waals surface area contributed by atoms with E-state index in [9.17, 15) is 4.79 Å². The summed E-state index contributed by atoms with van der Waals surface area (Å²) in [7, 11) is 0. The summed E-state index contributed by atoms with van der Waals surface area (Å²) < 4.78 is 3.75. The van der Waals surface area contributed by atoms with E-state index in [-0.39, 0.29) is 30.7 Å². The molecule has 1 amide bonds. The van der Waals surface area contributed by atoms with E-state index in [1.54, 1.807) is 18.9 Å². The number of hydrogen-bond donors (Lipinski definition) is 1. The van der Waals surface area contributed by atoms with Crippen molar-refractivity contribution in [3.8, 4) is 0 Å². The summed E-state index contributed by atoms with van der Waals surface area (Å²) in [6.07, 6.45) is 10.8. The van der Waals surface area contributed by atoms with E-state index < -0.39 is 5.54 Å². The lowest BCUT2D eigenvalue weighted by Crippen LogP contribution is -2.57. The van der Waals surface area contributed by atoms with Crippen molar-refractivity contribution in [2.45, 2.75) is 37.8 Å². The van der Waals surface area contributed by atoms with Gasteiger partial charge in [-0.15, -0.1) is 24.8 Å². The van der Waals surface area contributed by atoms with Crippen LogP contribution in [0.3, 0.4) is 0 Å². The normalized spacial score (nSPS) is 21.8. The van der Waals surface area contributed by atoms with Crippen molar-refractivity contribution in [1.29, 1.82) is 0 Å². The first kappa shape index (κ1) is 21.7. The first-order valence-electron chi connectivity index (χ1n) is 9.10. The van der Waals surface area contributed by atoms with Crippen LogP contribution >= 0.6 is 24.8 Å². The second kappa shape index (κ2) is 9.52. The van der Waals surface area contributed by atoms with Crippen molar-refractivity contribution in [3.63, 3.8) is 0 Å². The SMILES string of the molecule is Cl.Cl.O=C(N1CCCC(Cn2cncn2)C1)C1(n2cccn2)CCNCC1. The van der Waals surface area contributed by atoms with E-state index in [0.29, 0.717) is 5.92 Å². The summed E-state index contributed by atoms with van der Waals surface area (Å²) in [6, 6.07) is 1.90. The molecule has 0 spiro atoms. The summed E-state index contributed by atoms with van der Waals surface area (Å²) in [5.74, 6) is 0.650. The van der Waals surface area contributed by atoms with E-state index in [0.717, 1.165) is 58.4 Å². The Hall–Kier alpha value is -1.64. The molecule has 0 bridgehead atoms. The zero-order valence-electron chi connectivity index (χ0n) is 15.2. The summed E-state index contributed by atoms with van der Waals surface area (Å²) in [4.78, 5) is 19.6. The molecule has 8 nitrogen and oxygen atoms in total. The number of carbonyl (C=O) groups is 1. The van der Waals surface area contributed by atoms with Gasteiger partial charge in [0.1, 0.15) is 18.2 Å². The number of rotatable bonds is 4. The molecule has 27 heavy (non-hydrogen) atoms. The van der Waals surface area contributed by atoms with Gasteiger partial charge in [-0.25, -0.2) is 4.98 Å². The van der Waals surface area contributed by atoms with E-state index in [2.05, 4.69) is 25.4 Å². The Morgan fingerprint density at radius 1 is 1.22 bits per heavy atom. The molecular weight excluding hydrogens is 389 g/mol. The second-order valence-electron chi connectivity index (χ2n) is 7.11. The Labute approximate surface area is 171 Å². The van der Waals surface area contributed by atoms with Gasteiger partial charge in [-0.2, -0.15) is 10.2 Å². The Balaban J connectivity index is 0.00000131. The highest BCUT2D eigenvalue weighted by atomic mass is 35.5. The largest absolute Gasteiger partial charge is 0.340 e. The molecule has 1 unspecified atom stereocenters. The van der Waals surface area contributed by atoms with Crippen LogP contribution in [0.2, 0.25) is 0 Å². The molecule has 1 N–H and O–H groups in total. The third-order valence-electron chi connectivity index (χ3n) is 5.49. The van der Waals surface area contributed by atoms with Gasteiger partial charge in [0.05, 0.1) is 0 Å². The number of likely N-dealkylation sites (tertiary alicyclic amines) is 1. The van der Waals surface area contributed by atoms with Gasteiger partial charge in [0.2, 0.25) is 0 Å². The smallest absolute Gasteiger partial charge is 0.250 e. The zero-order chi connectivity index (χ0) is 17.1. The minimum atomic E-state index is -0.538. The molecule has 2 aromatic heterocycles. The highest BCUT2D eigenvalue weighted by Gasteiger charge is 2.45. The maximum absolute atomic E-state index is 13.5. The van der Waals surface area contributed by atoms with Crippen LogP contribution in [0.1, 0.15) is 25.7 Å². The van der Waals surface area contributed by atoms with E-state index in [1.807, 2.05) is 21.6 Å². The van der Waals surface area contributed by atoms with Crippen LogP contribution in [0.5, 0.6) is 0 Å². The first-order chi connectivity index (χ1) is 12.3. The van der Waals surface area contributed by atoms with E-state index in [1.165, 1.54) is 0 Å². The number of hydrogen-bond acceptors (Lipinski definition) is 5. The lowest BCUT2D eigenvalue weighted by atomic mass is 9.85. The Morgan fingerprint density at radius 3 is 2.70 bits per heavy atom. The van der Waals surface area contributed by atoms with Gasteiger partial charge in [0, 0.05) is 32.0 Å². The average molecular weight is 416 g/mol. The third kappa shape index (κ3) is 4.44. The lowest BCUT2D eigenvalue weighted by molar-refractivity contribution is -0.145. The predicted molar refractivity (Wildman–Crippen MR) is 106 cm³/mol. The summed E-state index contributed by atoms with van der Waals surface area (Å²) in [5, 5.41) is 12.0. The minimum Gasteiger partial charge on any atom is -0.340 e. The number of nitrogens with zero attached hydrogens (tertiary/aromatic N) is 6. The van der Waals surface area contributed by atoms with Crippen molar-refractivity contribution in [2.75, 3.05) is 26.2 Å². The van der Waals surface area contributed by atoms with Gasteiger partial charge < -0.3 is 10.2 Å². The Kier molecular flexibility index (Phi) is 7.64. The van der Waals surface area contributed by atoms with Crippen LogP contribution < -0.4 is 5.32 Å². The van der Waals surface area contributed by atoms with Crippen LogP contribution in [-0.4, -0.2) is 61.5 Å². The zero-order valence-corrected chi connectivity index (χ0v) is 16.9. The molecule has 0 aromatic carbocycles.